The molecule has 0 bridgehead atoms. The summed E-state index contributed by atoms with van der Waals surface area (Å²) in [5.74, 6) is 0.192. The number of benzene rings is 1. The first-order chi connectivity index (χ1) is 9.69. The first-order valence-corrected chi connectivity index (χ1v) is 7.42. The Morgan fingerprint density at radius 2 is 1.90 bits per heavy atom. The number of aliphatic hydroxyl groups excluding tert-OH is 1. The Morgan fingerprint density at radius 3 is 2.60 bits per heavy atom. The molecular weight excluding hydrogens is 276 g/mol. The number of amides is 1. The summed E-state index contributed by atoms with van der Waals surface area (Å²) in [6.07, 6.45) is 1.21. The van der Waals surface area contributed by atoms with Gasteiger partial charge in [0.2, 0.25) is 5.91 Å². The van der Waals surface area contributed by atoms with Gasteiger partial charge in [0.05, 0.1) is 0 Å². The molecule has 1 N–H and O–H groups in total. The molecule has 1 amide bonds. The highest BCUT2D eigenvalue weighted by Crippen LogP contribution is 2.13. The van der Waals surface area contributed by atoms with Gasteiger partial charge in [-0.2, -0.15) is 0 Å². The fourth-order valence-corrected chi connectivity index (χ4v) is 2.54. The van der Waals surface area contributed by atoms with Gasteiger partial charge >= 0.3 is 0 Å². The van der Waals surface area contributed by atoms with Crippen LogP contribution in [0.4, 0.5) is 0 Å². The van der Waals surface area contributed by atoms with Crippen molar-refractivity contribution in [3.63, 3.8) is 0 Å². The Morgan fingerprint density at radius 1 is 1.15 bits per heavy atom. The molecule has 5 heteroatoms. The number of carbonyl (C=O) groups is 1. The van der Waals surface area contributed by atoms with Crippen LogP contribution in [0.5, 0.6) is 0 Å². The second kappa shape index (κ2) is 7.62. The SMILES string of the molecule is O=C1CCN(Cc2ccc(Cl)cc2)CCN1CCCO. The Bertz CT molecular complexity index is 436. The van der Waals surface area contributed by atoms with Gasteiger partial charge < -0.3 is 10.0 Å². The fraction of sp³-hybridized carbons (Fsp3) is 0.533. The smallest absolute Gasteiger partial charge is 0.223 e. The summed E-state index contributed by atoms with van der Waals surface area (Å²) >= 11 is 5.88. The van der Waals surface area contributed by atoms with Crippen molar-refractivity contribution in [3.05, 3.63) is 34.9 Å². The van der Waals surface area contributed by atoms with E-state index >= 15 is 0 Å². The Balaban J connectivity index is 1.88. The lowest BCUT2D eigenvalue weighted by molar-refractivity contribution is -0.130. The molecule has 0 radical (unpaired) electrons. The molecule has 0 unspecified atom stereocenters. The first kappa shape index (κ1) is 15.3. The molecule has 0 saturated carbocycles. The van der Waals surface area contributed by atoms with Crippen LogP contribution < -0.4 is 0 Å². The molecule has 0 aromatic heterocycles. The molecule has 1 aliphatic heterocycles. The fourth-order valence-electron chi connectivity index (χ4n) is 2.41. The number of carbonyl (C=O) groups excluding carboxylic acids is 1. The van der Waals surface area contributed by atoms with Crippen LogP contribution >= 0.6 is 11.6 Å². The minimum atomic E-state index is 0.137. The number of hydrogen-bond donors (Lipinski definition) is 1. The van der Waals surface area contributed by atoms with Crippen LogP contribution in [-0.4, -0.2) is 53.6 Å². The minimum Gasteiger partial charge on any atom is -0.396 e. The third-order valence-corrected chi connectivity index (χ3v) is 3.84. The molecule has 0 aliphatic carbocycles. The Hall–Kier alpha value is -1.10. The topological polar surface area (TPSA) is 43.8 Å². The third kappa shape index (κ3) is 4.47. The summed E-state index contributed by atoms with van der Waals surface area (Å²) in [5.41, 5.74) is 1.21. The maximum Gasteiger partial charge on any atom is 0.223 e. The molecule has 110 valence electrons. The number of halogens is 1. The van der Waals surface area contributed by atoms with E-state index in [-0.39, 0.29) is 12.5 Å². The van der Waals surface area contributed by atoms with Crippen molar-refractivity contribution in [2.24, 2.45) is 0 Å². The molecule has 1 aromatic carbocycles. The van der Waals surface area contributed by atoms with Crippen LogP contribution in [0.3, 0.4) is 0 Å². The van der Waals surface area contributed by atoms with Crippen molar-refractivity contribution in [2.45, 2.75) is 19.4 Å². The van der Waals surface area contributed by atoms with Crippen LogP contribution in [0.15, 0.2) is 24.3 Å². The zero-order valence-electron chi connectivity index (χ0n) is 11.6. The number of aliphatic hydroxyl groups is 1. The maximum absolute atomic E-state index is 12.0. The van der Waals surface area contributed by atoms with Crippen molar-refractivity contribution in [1.82, 2.24) is 9.80 Å². The van der Waals surface area contributed by atoms with Crippen LogP contribution in [0, 0.1) is 0 Å². The predicted octanol–water partition coefficient (Wildman–Crippen LogP) is 1.76. The van der Waals surface area contributed by atoms with Crippen molar-refractivity contribution in [1.29, 1.82) is 0 Å². The average Bonchev–Trinajstić information content (AvgIpc) is 2.62. The highest BCUT2D eigenvalue weighted by atomic mass is 35.5. The van der Waals surface area contributed by atoms with Gasteiger partial charge in [-0.3, -0.25) is 9.69 Å². The van der Waals surface area contributed by atoms with Crippen molar-refractivity contribution in [2.75, 3.05) is 32.8 Å². The average molecular weight is 297 g/mol. The lowest BCUT2D eigenvalue weighted by Gasteiger charge is -2.21. The molecule has 0 atom stereocenters. The highest BCUT2D eigenvalue weighted by molar-refractivity contribution is 6.30. The highest BCUT2D eigenvalue weighted by Gasteiger charge is 2.20. The molecule has 1 heterocycles. The second-order valence-electron chi connectivity index (χ2n) is 5.11. The summed E-state index contributed by atoms with van der Waals surface area (Å²) in [6, 6.07) is 7.85. The van der Waals surface area contributed by atoms with Crippen LogP contribution in [0.2, 0.25) is 5.02 Å². The van der Waals surface area contributed by atoms with Crippen LogP contribution in [-0.2, 0) is 11.3 Å². The standard InChI is InChI=1S/C15H21ClN2O2/c16-14-4-2-13(3-5-14)12-17-8-6-15(20)18(10-9-17)7-1-11-19/h2-5,19H,1,6-12H2. The van der Waals surface area contributed by atoms with E-state index in [1.54, 1.807) is 0 Å². The van der Waals surface area contributed by atoms with Gasteiger partial charge in [0.25, 0.3) is 0 Å². The van der Waals surface area contributed by atoms with Gasteiger partial charge in [-0.15, -0.1) is 0 Å². The molecule has 2 rings (SSSR count). The maximum atomic E-state index is 12.0. The molecule has 1 aliphatic rings. The first-order valence-electron chi connectivity index (χ1n) is 7.04. The molecule has 20 heavy (non-hydrogen) atoms. The van der Waals surface area contributed by atoms with Gasteiger partial charge in [-0.1, -0.05) is 23.7 Å². The molecule has 0 spiro atoms. The van der Waals surface area contributed by atoms with Gasteiger partial charge in [0.1, 0.15) is 0 Å². The van der Waals surface area contributed by atoms with Crippen LogP contribution in [0.1, 0.15) is 18.4 Å². The normalized spacial score (nSPS) is 17.3. The van der Waals surface area contributed by atoms with Crippen molar-refractivity contribution >= 4 is 17.5 Å². The Kier molecular flexibility index (Phi) is 5.83. The summed E-state index contributed by atoms with van der Waals surface area (Å²) < 4.78 is 0. The minimum absolute atomic E-state index is 0.137. The summed E-state index contributed by atoms with van der Waals surface area (Å²) in [5, 5.41) is 9.61. The lowest BCUT2D eigenvalue weighted by Crippen LogP contribution is -2.34. The van der Waals surface area contributed by atoms with Gasteiger partial charge in [-0.05, 0) is 24.1 Å². The van der Waals surface area contributed by atoms with E-state index in [1.165, 1.54) is 5.56 Å². The van der Waals surface area contributed by atoms with Crippen LogP contribution in [0.25, 0.3) is 0 Å². The summed E-state index contributed by atoms with van der Waals surface area (Å²) in [4.78, 5) is 16.1. The van der Waals surface area contributed by atoms with E-state index in [4.69, 9.17) is 16.7 Å². The number of rotatable bonds is 5. The van der Waals surface area contributed by atoms with Crippen molar-refractivity contribution in [3.8, 4) is 0 Å². The van der Waals surface area contributed by atoms with E-state index in [1.807, 2.05) is 29.2 Å². The molecule has 1 fully saturated rings. The number of nitrogens with zero attached hydrogens (tertiary/aromatic N) is 2. The molecule has 1 aromatic rings. The van der Waals surface area contributed by atoms with E-state index in [0.29, 0.717) is 19.4 Å². The zero-order valence-corrected chi connectivity index (χ0v) is 12.4. The second-order valence-corrected chi connectivity index (χ2v) is 5.55. The van der Waals surface area contributed by atoms with Gasteiger partial charge in [0, 0.05) is 50.8 Å². The Labute approximate surface area is 124 Å². The predicted molar refractivity (Wildman–Crippen MR) is 79.6 cm³/mol. The molecule has 4 nitrogen and oxygen atoms in total. The quantitative estimate of drug-likeness (QED) is 0.900. The summed E-state index contributed by atoms with van der Waals surface area (Å²) in [6.45, 7) is 4.05. The lowest BCUT2D eigenvalue weighted by atomic mass is 10.2. The zero-order chi connectivity index (χ0) is 14.4. The van der Waals surface area contributed by atoms with Crippen molar-refractivity contribution < 1.29 is 9.90 Å². The van der Waals surface area contributed by atoms with Gasteiger partial charge in [0.15, 0.2) is 0 Å². The number of hydrogen-bond acceptors (Lipinski definition) is 3. The van der Waals surface area contributed by atoms with E-state index in [0.717, 1.165) is 31.2 Å². The molecule has 1 saturated heterocycles. The monoisotopic (exact) mass is 296 g/mol. The van der Waals surface area contributed by atoms with E-state index < -0.39 is 0 Å². The largest absolute Gasteiger partial charge is 0.396 e. The van der Waals surface area contributed by atoms with E-state index in [9.17, 15) is 4.79 Å². The summed E-state index contributed by atoms with van der Waals surface area (Å²) in [7, 11) is 0. The van der Waals surface area contributed by atoms with E-state index in [2.05, 4.69) is 4.90 Å². The van der Waals surface area contributed by atoms with Gasteiger partial charge in [-0.25, -0.2) is 0 Å². The third-order valence-electron chi connectivity index (χ3n) is 3.59. The molecular formula is C15H21ClN2O2.